The molecule has 0 bridgehead atoms. The van der Waals surface area contributed by atoms with Gasteiger partial charge in [0.15, 0.2) is 0 Å². The Balaban J connectivity index is 1.20. The Bertz CT molecular complexity index is 1430. The van der Waals surface area contributed by atoms with E-state index in [1.165, 1.54) is 24.3 Å². The SMILES string of the molecule is Cc1[nH]c(/C=C2\C(=O)Nc3ccc(F)cc32)c(C)c1C(=O)NCCCCCCNC(=O)/C=C/c1cccnc1. The van der Waals surface area contributed by atoms with Gasteiger partial charge in [0.05, 0.1) is 11.1 Å². The molecule has 3 aromatic rings. The monoisotopic (exact) mass is 529 g/mol. The number of rotatable bonds is 11. The zero-order valence-electron chi connectivity index (χ0n) is 22.1. The molecule has 3 amide bonds. The third-order valence-electron chi connectivity index (χ3n) is 6.56. The van der Waals surface area contributed by atoms with E-state index in [9.17, 15) is 18.8 Å². The number of hydrogen-bond acceptors (Lipinski definition) is 4. The first-order valence-corrected chi connectivity index (χ1v) is 13.0. The van der Waals surface area contributed by atoms with E-state index >= 15 is 0 Å². The van der Waals surface area contributed by atoms with Crippen LogP contribution < -0.4 is 16.0 Å². The minimum atomic E-state index is -0.422. The Labute approximate surface area is 226 Å². The predicted octanol–water partition coefficient (Wildman–Crippen LogP) is 4.78. The highest BCUT2D eigenvalue weighted by molar-refractivity contribution is 6.34. The average Bonchev–Trinajstić information content (AvgIpc) is 3.38. The van der Waals surface area contributed by atoms with Gasteiger partial charge in [0.25, 0.3) is 11.8 Å². The molecule has 3 heterocycles. The minimum Gasteiger partial charge on any atom is -0.358 e. The van der Waals surface area contributed by atoms with Crippen LogP contribution in [0.2, 0.25) is 0 Å². The number of aromatic amines is 1. The summed E-state index contributed by atoms with van der Waals surface area (Å²) in [5.74, 6) is -1.05. The van der Waals surface area contributed by atoms with Gasteiger partial charge in [-0.25, -0.2) is 4.39 Å². The number of aromatic nitrogens is 2. The fourth-order valence-electron chi connectivity index (χ4n) is 4.52. The number of amides is 3. The van der Waals surface area contributed by atoms with Crippen molar-refractivity contribution in [2.75, 3.05) is 18.4 Å². The van der Waals surface area contributed by atoms with Gasteiger partial charge >= 0.3 is 0 Å². The minimum absolute atomic E-state index is 0.136. The molecule has 39 heavy (non-hydrogen) atoms. The van der Waals surface area contributed by atoms with E-state index < -0.39 is 5.82 Å². The molecule has 202 valence electrons. The maximum absolute atomic E-state index is 13.8. The van der Waals surface area contributed by atoms with Gasteiger partial charge in [0.1, 0.15) is 5.82 Å². The molecule has 1 aromatic carbocycles. The number of aryl methyl sites for hydroxylation is 1. The van der Waals surface area contributed by atoms with Gasteiger partial charge in [-0.15, -0.1) is 0 Å². The highest BCUT2D eigenvalue weighted by Gasteiger charge is 2.26. The molecule has 4 rings (SSSR count). The van der Waals surface area contributed by atoms with E-state index in [1.807, 2.05) is 26.0 Å². The first-order valence-electron chi connectivity index (χ1n) is 13.0. The van der Waals surface area contributed by atoms with Gasteiger partial charge in [-0.1, -0.05) is 18.9 Å². The fraction of sp³-hybridized carbons (Fsp3) is 0.267. The number of nitrogens with zero attached hydrogens (tertiary/aromatic N) is 1. The molecular formula is C30H32FN5O3. The summed E-state index contributed by atoms with van der Waals surface area (Å²) in [5, 5.41) is 8.57. The molecule has 0 atom stereocenters. The van der Waals surface area contributed by atoms with E-state index in [2.05, 4.69) is 25.9 Å². The summed E-state index contributed by atoms with van der Waals surface area (Å²) in [5.41, 5.74) is 4.88. The van der Waals surface area contributed by atoms with Crippen LogP contribution >= 0.6 is 0 Å². The van der Waals surface area contributed by atoms with Gasteiger partial charge in [0.2, 0.25) is 5.91 Å². The van der Waals surface area contributed by atoms with Crippen LogP contribution in [0.4, 0.5) is 10.1 Å². The van der Waals surface area contributed by atoms with Gasteiger partial charge in [-0.3, -0.25) is 19.4 Å². The van der Waals surface area contributed by atoms with Crippen molar-refractivity contribution < 1.29 is 18.8 Å². The lowest BCUT2D eigenvalue weighted by molar-refractivity contribution is -0.116. The summed E-state index contributed by atoms with van der Waals surface area (Å²) in [6.45, 7) is 4.77. The summed E-state index contributed by atoms with van der Waals surface area (Å²) in [7, 11) is 0. The average molecular weight is 530 g/mol. The number of halogens is 1. The van der Waals surface area contributed by atoms with Crippen LogP contribution in [-0.2, 0) is 9.59 Å². The molecule has 0 saturated carbocycles. The van der Waals surface area contributed by atoms with Crippen molar-refractivity contribution in [3.05, 3.63) is 88.3 Å². The number of hydrogen-bond donors (Lipinski definition) is 4. The first-order chi connectivity index (χ1) is 18.8. The maximum Gasteiger partial charge on any atom is 0.256 e. The van der Waals surface area contributed by atoms with Crippen molar-refractivity contribution >= 4 is 41.1 Å². The smallest absolute Gasteiger partial charge is 0.256 e. The summed E-state index contributed by atoms with van der Waals surface area (Å²) in [6.07, 6.45) is 11.8. The molecule has 0 radical (unpaired) electrons. The third kappa shape index (κ3) is 7.07. The highest BCUT2D eigenvalue weighted by atomic mass is 19.1. The summed E-state index contributed by atoms with van der Waals surface area (Å²) in [4.78, 5) is 44.4. The second-order valence-electron chi connectivity index (χ2n) is 9.45. The van der Waals surface area contributed by atoms with Crippen LogP contribution in [0.25, 0.3) is 17.7 Å². The van der Waals surface area contributed by atoms with Crippen molar-refractivity contribution in [3.8, 4) is 0 Å². The normalized spacial score (nSPS) is 13.5. The van der Waals surface area contributed by atoms with E-state index in [0.717, 1.165) is 36.8 Å². The summed E-state index contributed by atoms with van der Waals surface area (Å²) in [6, 6.07) is 7.86. The molecule has 0 unspecified atom stereocenters. The largest absolute Gasteiger partial charge is 0.358 e. The van der Waals surface area contributed by atoms with Gasteiger partial charge in [-0.05, 0) is 74.2 Å². The first kappa shape index (κ1) is 27.5. The maximum atomic E-state index is 13.8. The van der Waals surface area contributed by atoms with E-state index in [4.69, 9.17) is 0 Å². The molecule has 1 aliphatic rings. The van der Waals surface area contributed by atoms with Crippen molar-refractivity contribution in [2.24, 2.45) is 0 Å². The Hall–Kier alpha value is -4.53. The van der Waals surface area contributed by atoms with Crippen LogP contribution in [0.1, 0.15) is 64.1 Å². The molecule has 4 N–H and O–H groups in total. The lowest BCUT2D eigenvalue weighted by Crippen LogP contribution is -2.25. The van der Waals surface area contributed by atoms with Crippen LogP contribution in [0.5, 0.6) is 0 Å². The van der Waals surface area contributed by atoms with Crippen molar-refractivity contribution in [1.29, 1.82) is 0 Å². The molecule has 1 aliphatic heterocycles. The molecule has 9 heteroatoms. The number of nitrogens with one attached hydrogen (secondary N) is 4. The second kappa shape index (κ2) is 12.8. The topological polar surface area (TPSA) is 116 Å². The summed E-state index contributed by atoms with van der Waals surface area (Å²) < 4.78 is 13.8. The lowest BCUT2D eigenvalue weighted by Gasteiger charge is -2.07. The zero-order valence-corrected chi connectivity index (χ0v) is 22.1. The Morgan fingerprint density at radius 3 is 2.56 bits per heavy atom. The zero-order chi connectivity index (χ0) is 27.8. The van der Waals surface area contributed by atoms with Crippen molar-refractivity contribution in [2.45, 2.75) is 39.5 Å². The van der Waals surface area contributed by atoms with Crippen LogP contribution in [0.15, 0.2) is 48.8 Å². The quantitative estimate of drug-likeness (QED) is 0.211. The Morgan fingerprint density at radius 2 is 1.82 bits per heavy atom. The number of carbonyl (C=O) groups is 3. The third-order valence-corrected chi connectivity index (χ3v) is 6.56. The van der Waals surface area contributed by atoms with Gasteiger partial charge in [-0.2, -0.15) is 0 Å². The number of unbranched alkanes of at least 4 members (excludes halogenated alkanes) is 3. The fourth-order valence-corrected chi connectivity index (χ4v) is 4.52. The number of benzene rings is 1. The number of carbonyl (C=O) groups excluding carboxylic acids is 3. The number of pyridine rings is 1. The molecular weight excluding hydrogens is 497 g/mol. The standard InChI is InChI=1S/C30H32FN5O3/c1-19-26(17-24-23-16-22(31)10-11-25(23)36-29(24)38)35-20(2)28(19)30(39)34-15-6-4-3-5-14-33-27(37)12-9-21-8-7-13-32-18-21/h7-13,16-18,35H,3-6,14-15H2,1-2H3,(H,33,37)(H,34,39)(H,36,38)/b12-9+,24-17-. The van der Waals surface area contributed by atoms with Crippen LogP contribution in [-0.4, -0.2) is 40.8 Å². The lowest BCUT2D eigenvalue weighted by atomic mass is 10.0. The Kier molecular flexibility index (Phi) is 9.04. The van der Waals surface area contributed by atoms with E-state index in [1.54, 1.807) is 24.5 Å². The molecule has 2 aromatic heterocycles. The second-order valence-corrected chi connectivity index (χ2v) is 9.45. The van der Waals surface area contributed by atoms with Gasteiger partial charge < -0.3 is 20.9 Å². The molecule has 8 nitrogen and oxygen atoms in total. The van der Waals surface area contributed by atoms with Gasteiger partial charge in [0, 0.05) is 54.2 Å². The van der Waals surface area contributed by atoms with Crippen LogP contribution in [0.3, 0.4) is 0 Å². The summed E-state index contributed by atoms with van der Waals surface area (Å²) >= 11 is 0. The van der Waals surface area contributed by atoms with E-state index in [-0.39, 0.29) is 17.7 Å². The number of H-pyrrole nitrogens is 1. The van der Waals surface area contributed by atoms with Crippen LogP contribution in [0, 0.1) is 19.7 Å². The predicted molar refractivity (Wildman–Crippen MR) is 150 cm³/mol. The van der Waals surface area contributed by atoms with Crippen molar-refractivity contribution in [3.63, 3.8) is 0 Å². The van der Waals surface area contributed by atoms with E-state index in [0.29, 0.717) is 46.9 Å². The molecule has 0 saturated heterocycles. The number of anilines is 1. The molecule has 0 spiro atoms. The molecule has 0 fully saturated rings. The van der Waals surface area contributed by atoms with Crippen molar-refractivity contribution in [1.82, 2.24) is 20.6 Å². The number of fused-ring (bicyclic) bond motifs is 1. The highest BCUT2D eigenvalue weighted by Crippen LogP contribution is 2.34. The molecule has 0 aliphatic carbocycles. The Morgan fingerprint density at radius 1 is 1.05 bits per heavy atom.